The van der Waals surface area contributed by atoms with Crippen LogP contribution in [-0.2, 0) is 28.3 Å². The van der Waals surface area contributed by atoms with Crippen molar-refractivity contribution in [1.82, 2.24) is 0 Å². The Hall–Kier alpha value is -4.91. The average Bonchev–Trinajstić information content (AvgIpc) is 3.18. The molecule has 0 aliphatic carbocycles. The topological polar surface area (TPSA) is 78.9 Å². The van der Waals surface area contributed by atoms with E-state index in [1.165, 1.54) is 0 Å². The summed E-state index contributed by atoms with van der Waals surface area (Å²) in [6.07, 6.45) is 0. The van der Waals surface area contributed by atoms with Crippen molar-refractivity contribution >= 4 is 40.4 Å². The summed E-state index contributed by atoms with van der Waals surface area (Å²) in [6, 6.07) is 49.6. The quantitative estimate of drug-likeness (QED) is 0.0765. The van der Waals surface area contributed by atoms with Gasteiger partial charge in [-0.25, -0.2) is 0 Å². The first-order chi connectivity index (χ1) is 24.0. The van der Waals surface area contributed by atoms with Gasteiger partial charge < -0.3 is 0 Å². The van der Waals surface area contributed by atoms with Gasteiger partial charge in [0.15, 0.2) is 0 Å². The Morgan fingerprint density at radius 1 is 0.327 bits per heavy atom. The normalized spacial score (nSPS) is 11.0. The molecule has 0 saturated heterocycles. The van der Waals surface area contributed by atoms with E-state index in [4.69, 9.17) is 8.44 Å². The van der Waals surface area contributed by atoms with Crippen LogP contribution in [0.25, 0.3) is 0 Å². The van der Waals surface area contributed by atoms with Crippen molar-refractivity contribution < 1.29 is 22.8 Å². The van der Waals surface area contributed by atoms with Crippen molar-refractivity contribution in [2.75, 3.05) is 0 Å². The van der Waals surface area contributed by atoms with Crippen LogP contribution in [-0.4, -0.2) is 40.4 Å². The summed E-state index contributed by atoms with van der Waals surface area (Å²) in [4.78, 5) is 38.5. The predicted octanol–water partition coefficient (Wildman–Crippen LogP) is 8.31. The zero-order valence-corrected chi connectivity index (χ0v) is 30.1. The third-order valence-corrected chi connectivity index (χ3v) is 11.7. The molecule has 0 amide bonds. The van der Waals surface area contributed by atoms with Crippen LogP contribution in [0.2, 0.25) is 0 Å². The summed E-state index contributed by atoms with van der Waals surface area (Å²) in [5, 5.41) is 0. The van der Waals surface area contributed by atoms with E-state index in [1.54, 1.807) is 72.8 Å². The van der Waals surface area contributed by atoms with Crippen LogP contribution >= 0.6 is 0 Å². The Kier molecular flexibility index (Phi) is 11.8. The molecule has 0 N–H and O–H groups in total. The van der Waals surface area contributed by atoms with E-state index in [1.807, 2.05) is 91.0 Å². The number of rotatable bonds is 15. The zero-order valence-electron chi connectivity index (χ0n) is 26.6. The number of carbonyl (C=O) groups is 3. The number of hydrogen-bond acceptors (Lipinski definition) is 6. The van der Waals surface area contributed by atoms with Crippen molar-refractivity contribution in [2.45, 2.75) is 19.8 Å². The predicted molar refractivity (Wildman–Crippen MR) is 189 cm³/mol. The molecule has 0 aliphatic rings. The molecular weight excluding hydrogens is 809 g/mol. The fourth-order valence-electron chi connectivity index (χ4n) is 5.02. The molecular formula is C42H33BiO6. The van der Waals surface area contributed by atoms with Gasteiger partial charge in [-0.05, 0) is 0 Å². The van der Waals surface area contributed by atoms with Crippen LogP contribution in [0, 0.1) is 0 Å². The molecule has 6 aromatic rings. The molecule has 6 aromatic carbocycles. The second-order valence-corrected chi connectivity index (χ2v) is 16.0. The van der Waals surface area contributed by atoms with E-state index in [9.17, 15) is 14.4 Å². The Labute approximate surface area is 295 Å². The van der Waals surface area contributed by atoms with Crippen molar-refractivity contribution in [3.63, 3.8) is 0 Å². The van der Waals surface area contributed by atoms with Crippen molar-refractivity contribution in [1.29, 1.82) is 0 Å². The summed E-state index contributed by atoms with van der Waals surface area (Å²) in [7, 11) is 0. The van der Waals surface area contributed by atoms with Gasteiger partial charge in [-0.1, -0.05) is 0 Å². The molecule has 0 spiro atoms. The van der Waals surface area contributed by atoms with Gasteiger partial charge in [0.2, 0.25) is 0 Å². The van der Waals surface area contributed by atoms with Gasteiger partial charge in [-0.15, -0.1) is 0 Å². The summed E-state index contributed by atoms with van der Waals surface area (Å²) in [6.45, 7) is 0.812. The third kappa shape index (κ3) is 9.38. The summed E-state index contributed by atoms with van der Waals surface area (Å²) in [5.41, 5.74) is 6.40. The molecule has 0 aromatic heterocycles. The monoisotopic (exact) mass is 842 g/mol. The maximum absolute atomic E-state index is 12.8. The maximum atomic E-state index is 12.8. The second kappa shape index (κ2) is 17.0. The Bertz CT molecular complexity index is 1740. The Morgan fingerprint density at radius 2 is 0.551 bits per heavy atom. The molecule has 0 fully saturated rings. The van der Waals surface area contributed by atoms with Crippen LogP contribution in [0.5, 0.6) is 0 Å². The molecule has 6 rings (SSSR count). The van der Waals surface area contributed by atoms with Crippen molar-refractivity contribution in [2.24, 2.45) is 0 Å². The molecule has 0 atom stereocenters. The van der Waals surface area contributed by atoms with E-state index in [2.05, 4.69) is 0 Å². The van der Waals surface area contributed by atoms with E-state index >= 15 is 0 Å². The number of carbonyl (C=O) groups excluding carboxylic acids is 3. The van der Waals surface area contributed by atoms with Gasteiger partial charge in [-0.3, -0.25) is 0 Å². The van der Waals surface area contributed by atoms with E-state index in [0.717, 1.165) is 16.7 Å². The Balaban J connectivity index is 1.10. The van der Waals surface area contributed by atoms with Gasteiger partial charge in [-0.2, -0.15) is 0 Å². The SMILES string of the molecule is O=C(c1ccccc1)c1ccc(C[O][Bi]([O]Cc2ccc(C(=O)c3ccccc3)cc2)[O]Cc2ccc(C(=O)c3ccccc3)cc2)cc1. The van der Waals surface area contributed by atoms with E-state index < -0.39 is 23.1 Å². The van der Waals surface area contributed by atoms with Crippen molar-refractivity contribution in [3.05, 3.63) is 214 Å². The minimum atomic E-state index is -3.46. The van der Waals surface area contributed by atoms with Gasteiger partial charge >= 0.3 is 297 Å². The molecule has 0 unspecified atom stereocenters. The number of hydrogen-bond donors (Lipinski definition) is 0. The van der Waals surface area contributed by atoms with Crippen LogP contribution in [0.1, 0.15) is 64.5 Å². The van der Waals surface area contributed by atoms with Gasteiger partial charge in [0, 0.05) is 0 Å². The van der Waals surface area contributed by atoms with E-state index in [-0.39, 0.29) is 37.2 Å². The molecule has 6 nitrogen and oxygen atoms in total. The van der Waals surface area contributed by atoms with Gasteiger partial charge in [0.25, 0.3) is 0 Å². The molecule has 0 bridgehead atoms. The molecule has 49 heavy (non-hydrogen) atoms. The summed E-state index contributed by atoms with van der Waals surface area (Å²) in [5.74, 6) is -0.113. The van der Waals surface area contributed by atoms with Gasteiger partial charge in [0.1, 0.15) is 0 Å². The fraction of sp³-hybridized carbons (Fsp3) is 0.0714. The van der Waals surface area contributed by atoms with Crippen molar-refractivity contribution in [3.8, 4) is 0 Å². The standard InChI is InChI=1S/3C14H11O2.Bi/c3*15-10-11-6-8-13(9-7-11)14(16)12-4-2-1-3-5-12;/h3*1-9H,10H2;/q3*-1;+3. The van der Waals surface area contributed by atoms with Crippen LogP contribution in [0.3, 0.4) is 0 Å². The van der Waals surface area contributed by atoms with Gasteiger partial charge in [0.05, 0.1) is 0 Å². The molecule has 7 heteroatoms. The zero-order chi connectivity index (χ0) is 33.8. The minimum absolute atomic E-state index is 0.0377. The molecule has 0 aliphatic heterocycles. The van der Waals surface area contributed by atoms with Crippen LogP contribution in [0.15, 0.2) is 164 Å². The summed E-state index contributed by atoms with van der Waals surface area (Å²) < 4.78 is 18.8. The second-order valence-electron chi connectivity index (χ2n) is 11.2. The molecule has 242 valence electrons. The fourth-order valence-corrected chi connectivity index (χ4v) is 8.86. The molecule has 0 saturated carbocycles. The Morgan fingerprint density at radius 3 is 0.796 bits per heavy atom. The molecule has 0 radical (unpaired) electrons. The summed E-state index contributed by atoms with van der Waals surface area (Å²) >= 11 is -3.46. The van der Waals surface area contributed by atoms with E-state index in [0.29, 0.717) is 33.4 Å². The molecule has 0 heterocycles. The number of ketones is 3. The first-order valence-corrected chi connectivity index (χ1v) is 20.0. The van der Waals surface area contributed by atoms with Crippen LogP contribution in [0.4, 0.5) is 0 Å². The first-order valence-electron chi connectivity index (χ1n) is 15.8. The number of benzene rings is 6. The first kappa shape index (κ1) is 34.0. The third-order valence-electron chi connectivity index (χ3n) is 7.77. The van der Waals surface area contributed by atoms with Crippen LogP contribution < -0.4 is 0 Å². The average molecular weight is 843 g/mol.